The van der Waals surface area contributed by atoms with Gasteiger partial charge in [-0.2, -0.15) is 0 Å². The van der Waals surface area contributed by atoms with Crippen LogP contribution in [0.1, 0.15) is 17.2 Å². The number of fused-ring (bicyclic) bond motifs is 1. The van der Waals surface area contributed by atoms with E-state index in [4.69, 9.17) is 11.6 Å². The summed E-state index contributed by atoms with van der Waals surface area (Å²) in [6.07, 6.45) is 0. The first-order valence-corrected chi connectivity index (χ1v) is 7.80. The van der Waals surface area contributed by atoms with Crippen LogP contribution in [0.4, 0.5) is 5.82 Å². The fourth-order valence-corrected chi connectivity index (χ4v) is 2.66. The number of nitrogens with zero attached hydrogens (tertiary/aromatic N) is 5. The van der Waals surface area contributed by atoms with Gasteiger partial charge in [0.1, 0.15) is 5.82 Å². The van der Waals surface area contributed by atoms with Gasteiger partial charge in [0.2, 0.25) is 0 Å². The number of anilines is 1. The summed E-state index contributed by atoms with van der Waals surface area (Å²) in [4.78, 5) is 0. The molecule has 7 heteroatoms. The molecule has 4 rings (SSSR count). The molecule has 0 aliphatic heterocycles. The van der Waals surface area contributed by atoms with Crippen molar-refractivity contribution in [2.75, 3.05) is 5.32 Å². The monoisotopic (exact) mass is 336 g/mol. The molecule has 0 radical (unpaired) electrons. The van der Waals surface area contributed by atoms with E-state index >= 15 is 0 Å². The van der Waals surface area contributed by atoms with E-state index in [2.05, 4.69) is 38.1 Å². The molecule has 1 N–H and O–H groups in total. The molecular weight excluding hydrogens is 324 g/mol. The van der Waals surface area contributed by atoms with Gasteiger partial charge in [0, 0.05) is 5.02 Å². The Morgan fingerprint density at radius 2 is 1.62 bits per heavy atom. The summed E-state index contributed by atoms with van der Waals surface area (Å²) in [5, 5.41) is 19.8. The Kier molecular flexibility index (Phi) is 3.80. The highest BCUT2D eigenvalue weighted by Crippen LogP contribution is 2.27. The minimum absolute atomic E-state index is 0.0649. The molecule has 0 fully saturated rings. The summed E-state index contributed by atoms with van der Waals surface area (Å²) in [7, 11) is 0. The van der Waals surface area contributed by atoms with Crippen molar-refractivity contribution >= 4 is 23.1 Å². The third-order valence-electron chi connectivity index (χ3n) is 3.70. The SMILES string of the molecule is Clc1ccc([C@H](Nc2ccc3nnnn3n2)c2ccccc2)cc1. The lowest BCUT2D eigenvalue weighted by atomic mass is 9.99. The van der Waals surface area contributed by atoms with Crippen LogP contribution in [0.25, 0.3) is 5.65 Å². The van der Waals surface area contributed by atoms with Crippen LogP contribution in [0, 0.1) is 0 Å². The van der Waals surface area contributed by atoms with Crippen LogP contribution in [0.3, 0.4) is 0 Å². The van der Waals surface area contributed by atoms with Crippen LogP contribution in [-0.4, -0.2) is 25.3 Å². The highest BCUT2D eigenvalue weighted by atomic mass is 35.5. The molecule has 0 saturated carbocycles. The normalized spacial score (nSPS) is 12.2. The van der Waals surface area contributed by atoms with E-state index in [1.807, 2.05) is 54.6 Å². The zero-order valence-electron chi connectivity index (χ0n) is 12.5. The fraction of sp³-hybridized carbons (Fsp3) is 0.0588. The van der Waals surface area contributed by atoms with Gasteiger partial charge >= 0.3 is 0 Å². The Hall–Kier alpha value is -2.99. The van der Waals surface area contributed by atoms with E-state index in [0.717, 1.165) is 11.1 Å². The molecule has 0 aliphatic carbocycles. The van der Waals surface area contributed by atoms with Crippen molar-refractivity contribution in [3.63, 3.8) is 0 Å². The smallest absolute Gasteiger partial charge is 0.200 e. The van der Waals surface area contributed by atoms with Crippen LogP contribution < -0.4 is 5.32 Å². The van der Waals surface area contributed by atoms with E-state index in [9.17, 15) is 0 Å². The van der Waals surface area contributed by atoms with Crippen molar-refractivity contribution in [3.05, 3.63) is 82.9 Å². The minimum Gasteiger partial charge on any atom is -0.358 e. The molecule has 2 heterocycles. The average Bonchev–Trinajstić information content (AvgIpc) is 3.09. The second kappa shape index (κ2) is 6.25. The predicted octanol–water partition coefficient (Wildman–Crippen LogP) is 3.37. The van der Waals surface area contributed by atoms with Gasteiger partial charge in [-0.15, -0.1) is 14.8 Å². The second-order valence-corrected chi connectivity index (χ2v) is 5.72. The molecule has 0 bridgehead atoms. The maximum absolute atomic E-state index is 6.02. The minimum atomic E-state index is -0.0649. The van der Waals surface area contributed by atoms with Crippen molar-refractivity contribution in [2.24, 2.45) is 0 Å². The molecule has 6 nitrogen and oxygen atoms in total. The van der Waals surface area contributed by atoms with Gasteiger partial charge in [-0.1, -0.05) is 54.1 Å². The maximum Gasteiger partial charge on any atom is 0.200 e. The highest BCUT2D eigenvalue weighted by Gasteiger charge is 2.15. The number of tetrazole rings is 1. The predicted molar refractivity (Wildman–Crippen MR) is 91.9 cm³/mol. The third kappa shape index (κ3) is 2.91. The summed E-state index contributed by atoms with van der Waals surface area (Å²) in [6, 6.07) is 21.5. The number of hydrogen-bond acceptors (Lipinski definition) is 5. The van der Waals surface area contributed by atoms with Gasteiger partial charge in [-0.3, -0.25) is 0 Å². The number of hydrogen-bond donors (Lipinski definition) is 1. The number of aromatic nitrogens is 5. The Morgan fingerprint density at radius 3 is 2.42 bits per heavy atom. The average molecular weight is 337 g/mol. The summed E-state index contributed by atoms with van der Waals surface area (Å²) >= 11 is 6.02. The van der Waals surface area contributed by atoms with Crippen LogP contribution >= 0.6 is 11.6 Å². The Morgan fingerprint density at radius 1 is 0.875 bits per heavy atom. The Labute approximate surface area is 143 Å². The molecule has 2 aromatic heterocycles. The molecule has 1 atom stereocenters. The van der Waals surface area contributed by atoms with Crippen molar-refractivity contribution in [1.29, 1.82) is 0 Å². The van der Waals surface area contributed by atoms with E-state index in [1.165, 1.54) is 4.63 Å². The lowest BCUT2D eigenvalue weighted by molar-refractivity contribution is 0.730. The summed E-state index contributed by atoms with van der Waals surface area (Å²) < 4.78 is 1.40. The summed E-state index contributed by atoms with van der Waals surface area (Å²) in [6.45, 7) is 0. The lowest BCUT2D eigenvalue weighted by Gasteiger charge is -2.20. The first-order chi connectivity index (χ1) is 11.8. The van der Waals surface area contributed by atoms with E-state index in [1.54, 1.807) is 0 Å². The van der Waals surface area contributed by atoms with Gasteiger partial charge in [-0.25, -0.2) is 0 Å². The molecular formula is C17H13ClN6. The van der Waals surface area contributed by atoms with Crippen molar-refractivity contribution in [3.8, 4) is 0 Å². The third-order valence-corrected chi connectivity index (χ3v) is 3.95. The van der Waals surface area contributed by atoms with Crippen LogP contribution in [0.2, 0.25) is 5.02 Å². The first kappa shape index (κ1) is 14.6. The van der Waals surface area contributed by atoms with E-state index in [0.29, 0.717) is 16.5 Å². The van der Waals surface area contributed by atoms with Gasteiger partial charge in [0.25, 0.3) is 0 Å². The maximum atomic E-state index is 6.02. The zero-order valence-corrected chi connectivity index (χ0v) is 13.3. The largest absolute Gasteiger partial charge is 0.358 e. The molecule has 0 spiro atoms. The summed E-state index contributed by atoms with van der Waals surface area (Å²) in [5.41, 5.74) is 2.81. The van der Waals surface area contributed by atoms with Crippen molar-refractivity contribution < 1.29 is 0 Å². The van der Waals surface area contributed by atoms with Crippen LogP contribution in [-0.2, 0) is 0 Å². The summed E-state index contributed by atoms with van der Waals surface area (Å²) in [5.74, 6) is 0.679. The molecule has 0 amide bonds. The molecule has 24 heavy (non-hydrogen) atoms. The Bertz CT molecular complexity index is 952. The molecule has 4 aromatic rings. The van der Waals surface area contributed by atoms with Crippen LogP contribution in [0.5, 0.6) is 0 Å². The number of benzene rings is 2. The molecule has 118 valence electrons. The van der Waals surface area contributed by atoms with Crippen molar-refractivity contribution in [1.82, 2.24) is 25.3 Å². The lowest BCUT2D eigenvalue weighted by Crippen LogP contribution is -2.14. The molecule has 0 aliphatic rings. The second-order valence-electron chi connectivity index (χ2n) is 5.28. The number of nitrogens with one attached hydrogen (secondary N) is 1. The molecule has 2 aromatic carbocycles. The zero-order chi connectivity index (χ0) is 16.4. The van der Waals surface area contributed by atoms with Gasteiger partial charge in [0.15, 0.2) is 5.65 Å². The topological polar surface area (TPSA) is 68.0 Å². The van der Waals surface area contributed by atoms with E-state index in [-0.39, 0.29) is 6.04 Å². The van der Waals surface area contributed by atoms with Crippen molar-refractivity contribution in [2.45, 2.75) is 6.04 Å². The first-order valence-electron chi connectivity index (χ1n) is 7.42. The number of rotatable bonds is 4. The quantitative estimate of drug-likeness (QED) is 0.619. The molecule has 0 unspecified atom stereocenters. The Balaban J connectivity index is 1.73. The van der Waals surface area contributed by atoms with Crippen LogP contribution in [0.15, 0.2) is 66.7 Å². The fourth-order valence-electron chi connectivity index (χ4n) is 2.53. The standard InChI is InChI=1S/C17H13ClN6/c18-14-8-6-13(7-9-14)17(12-4-2-1-3-5-12)19-15-10-11-16-20-22-23-24(16)21-15/h1-11,17H,(H,19,21)/t17-/m1/s1. The van der Waals surface area contributed by atoms with Gasteiger partial charge in [-0.05, 0) is 45.8 Å². The molecule has 0 saturated heterocycles. The number of halogens is 1. The highest BCUT2D eigenvalue weighted by molar-refractivity contribution is 6.30. The van der Waals surface area contributed by atoms with Gasteiger partial charge < -0.3 is 5.32 Å². The van der Waals surface area contributed by atoms with E-state index < -0.39 is 0 Å². The van der Waals surface area contributed by atoms with Gasteiger partial charge in [0.05, 0.1) is 6.04 Å².